The fraction of sp³-hybridized carbons (Fsp3) is 0.357. The van der Waals surface area contributed by atoms with Crippen molar-refractivity contribution in [3.8, 4) is 0 Å². The standard InChI is InChI=1S/C14H18N6S/c1-3-5-15-14-18-12(10-7-17-20-13(10)19-14)16-8-11-9(2)4-6-21-11/h4,6-7H,3,5,8H2,1-2H3,(H3,15,16,17,18,19,20). The van der Waals surface area contributed by atoms with Crippen LogP contribution in [0.15, 0.2) is 17.6 Å². The van der Waals surface area contributed by atoms with Crippen LogP contribution < -0.4 is 10.6 Å². The number of nitrogens with one attached hydrogen (secondary N) is 3. The molecule has 3 aromatic heterocycles. The predicted molar refractivity (Wildman–Crippen MR) is 86.8 cm³/mol. The third kappa shape index (κ3) is 2.97. The highest BCUT2D eigenvalue weighted by Crippen LogP contribution is 2.22. The lowest BCUT2D eigenvalue weighted by Crippen LogP contribution is -2.08. The Balaban J connectivity index is 1.85. The second-order valence-corrected chi connectivity index (χ2v) is 5.84. The monoisotopic (exact) mass is 302 g/mol. The number of rotatable bonds is 6. The minimum atomic E-state index is 0.624. The molecule has 3 aromatic rings. The van der Waals surface area contributed by atoms with E-state index in [4.69, 9.17) is 0 Å². The number of hydrogen-bond acceptors (Lipinski definition) is 6. The zero-order valence-electron chi connectivity index (χ0n) is 12.1. The molecule has 0 fully saturated rings. The van der Waals surface area contributed by atoms with E-state index >= 15 is 0 Å². The summed E-state index contributed by atoms with van der Waals surface area (Å²) in [6, 6.07) is 2.13. The van der Waals surface area contributed by atoms with Gasteiger partial charge in [-0.15, -0.1) is 11.3 Å². The summed E-state index contributed by atoms with van der Waals surface area (Å²) in [6.07, 6.45) is 2.78. The molecule has 21 heavy (non-hydrogen) atoms. The van der Waals surface area contributed by atoms with E-state index in [0.717, 1.165) is 36.4 Å². The molecule has 0 aromatic carbocycles. The van der Waals surface area contributed by atoms with E-state index in [1.165, 1.54) is 10.4 Å². The van der Waals surface area contributed by atoms with Crippen LogP contribution in [0.1, 0.15) is 23.8 Å². The number of aromatic nitrogens is 4. The van der Waals surface area contributed by atoms with Crippen molar-refractivity contribution in [1.29, 1.82) is 0 Å². The molecular formula is C14H18N6S. The van der Waals surface area contributed by atoms with Crippen LogP contribution in [0, 0.1) is 6.92 Å². The smallest absolute Gasteiger partial charge is 0.226 e. The van der Waals surface area contributed by atoms with Gasteiger partial charge in [0.15, 0.2) is 5.65 Å². The van der Waals surface area contributed by atoms with Crippen molar-refractivity contribution in [3.63, 3.8) is 0 Å². The highest BCUT2D eigenvalue weighted by molar-refractivity contribution is 7.10. The third-order valence-corrected chi connectivity index (χ3v) is 4.25. The highest BCUT2D eigenvalue weighted by atomic mass is 32.1. The second-order valence-electron chi connectivity index (χ2n) is 4.84. The van der Waals surface area contributed by atoms with Crippen molar-refractivity contribution in [1.82, 2.24) is 20.2 Å². The maximum absolute atomic E-state index is 4.55. The van der Waals surface area contributed by atoms with Gasteiger partial charge in [0.1, 0.15) is 5.82 Å². The van der Waals surface area contributed by atoms with Crippen molar-refractivity contribution in [3.05, 3.63) is 28.1 Å². The second kappa shape index (κ2) is 6.09. The van der Waals surface area contributed by atoms with Crippen LogP contribution in [0.5, 0.6) is 0 Å². The summed E-state index contributed by atoms with van der Waals surface area (Å²) in [6.45, 7) is 5.84. The molecule has 0 radical (unpaired) electrons. The first-order valence-corrected chi connectivity index (χ1v) is 7.87. The lowest BCUT2D eigenvalue weighted by Gasteiger charge is -2.09. The molecule has 0 aliphatic rings. The zero-order chi connectivity index (χ0) is 14.7. The maximum Gasteiger partial charge on any atom is 0.226 e. The Bertz CT molecular complexity index is 732. The number of thiophene rings is 1. The van der Waals surface area contributed by atoms with Crippen molar-refractivity contribution < 1.29 is 0 Å². The quantitative estimate of drug-likeness (QED) is 0.652. The summed E-state index contributed by atoms with van der Waals surface area (Å²) in [7, 11) is 0. The fourth-order valence-corrected chi connectivity index (χ4v) is 2.88. The largest absolute Gasteiger partial charge is 0.364 e. The molecule has 110 valence electrons. The lowest BCUT2D eigenvalue weighted by molar-refractivity contribution is 0.953. The van der Waals surface area contributed by atoms with Crippen molar-refractivity contribution >= 4 is 34.1 Å². The molecule has 7 heteroatoms. The molecule has 0 unspecified atom stereocenters. The molecule has 0 amide bonds. The van der Waals surface area contributed by atoms with Crippen molar-refractivity contribution in [2.75, 3.05) is 17.2 Å². The molecule has 0 bridgehead atoms. The van der Waals surface area contributed by atoms with E-state index in [2.05, 4.69) is 56.1 Å². The Hall–Kier alpha value is -2.15. The van der Waals surface area contributed by atoms with E-state index in [9.17, 15) is 0 Å². The van der Waals surface area contributed by atoms with E-state index in [1.807, 2.05) is 0 Å². The van der Waals surface area contributed by atoms with E-state index in [0.29, 0.717) is 5.95 Å². The SMILES string of the molecule is CCCNc1nc(NCc2sccc2C)c2cn[nH]c2n1. The van der Waals surface area contributed by atoms with Crippen LogP contribution in [0.4, 0.5) is 11.8 Å². The molecule has 3 heterocycles. The van der Waals surface area contributed by atoms with Crippen LogP contribution in [0.3, 0.4) is 0 Å². The van der Waals surface area contributed by atoms with Crippen LogP contribution >= 0.6 is 11.3 Å². The molecular weight excluding hydrogens is 284 g/mol. The molecule has 6 nitrogen and oxygen atoms in total. The number of fused-ring (bicyclic) bond motifs is 1. The summed E-state index contributed by atoms with van der Waals surface area (Å²) >= 11 is 1.75. The number of aromatic amines is 1. The van der Waals surface area contributed by atoms with Gasteiger partial charge in [-0.1, -0.05) is 6.92 Å². The average molecular weight is 302 g/mol. The molecule has 0 saturated carbocycles. The Labute approximate surface area is 127 Å². The van der Waals surface area contributed by atoms with Gasteiger partial charge in [-0.3, -0.25) is 5.10 Å². The number of H-pyrrole nitrogens is 1. The summed E-state index contributed by atoms with van der Waals surface area (Å²) in [5, 5.41) is 16.6. The molecule has 0 saturated heterocycles. The van der Waals surface area contributed by atoms with E-state index in [-0.39, 0.29) is 0 Å². The van der Waals surface area contributed by atoms with Crippen LogP contribution in [-0.4, -0.2) is 26.7 Å². The fourth-order valence-electron chi connectivity index (χ4n) is 2.03. The Kier molecular flexibility index (Phi) is 4.01. The van der Waals surface area contributed by atoms with Crippen LogP contribution in [0.2, 0.25) is 0 Å². The molecule has 0 aliphatic heterocycles. The molecule has 0 spiro atoms. The minimum Gasteiger partial charge on any atom is -0.364 e. The van der Waals surface area contributed by atoms with E-state index in [1.54, 1.807) is 17.5 Å². The Morgan fingerprint density at radius 3 is 2.95 bits per heavy atom. The number of aryl methyl sites for hydroxylation is 1. The Morgan fingerprint density at radius 1 is 1.29 bits per heavy atom. The van der Waals surface area contributed by atoms with Crippen LogP contribution in [0.25, 0.3) is 11.0 Å². The molecule has 3 rings (SSSR count). The number of hydrogen-bond donors (Lipinski definition) is 3. The summed E-state index contributed by atoms with van der Waals surface area (Å²) in [5.41, 5.74) is 2.04. The van der Waals surface area contributed by atoms with Crippen molar-refractivity contribution in [2.45, 2.75) is 26.8 Å². The first kappa shape index (κ1) is 13.8. The van der Waals surface area contributed by atoms with Gasteiger partial charge in [0.2, 0.25) is 5.95 Å². The first-order valence-electron chi connectivity index (χ1n) is 6.99. The van der Waals surface area contributed by atoms with Gasteiger partial charge in [0.05, 0.1) is 18.1 Å². The van der Waals surface area contributed by atoms with Crippen molar-refractivity contribution in [2.24, 2.45) is 0 Å². The third-order valence-electron chi connectivity index (χ3n) is 3.23. The maximum atomic E-state index is 4.55. The summed E-state index contributed by atoms with van der Waals surface area (Å²) in [5.74, 6) is 1.43. The van der Waals surface area contributed by atoms with Gasteiger partial charge in [-0.25, -0.2) is 0 Å². The summed E-state index contributed by atoms with van der Waals surface area (Å²) in [4.78, 5) is 10.3. The van der Waals surface area contributed by atoms with Gasteiger partial charge in [-0.2, -0.15) is 15.1 Å². The Morgan fingerprint density at radius 2 is 2.19 bits per heavy atom. The number of anilines is 2. The topological polar surface area (TPSA) is 78.5 Å². The predicted octanol–water partition coefficient (Wildman–Crippen LogP) is 3.16. The lowest BCUT2D eigenvalue weighted by atomic mass is 10.3. The summed E-state index contributed by atoms with van der Waals surface area (Å²) < 4.78 is 0. The normalized spacial score (nSPS) is 11.0. The van der Waals surface area contributed by atoms with Gasteiger partial charge in [-0.05, 0) is 30.4 Å². The van der Waals surface area contributed by atoms with Gasteiger partial charge < -0.3 is 10.6 Å². The molecule has 0 aliphatic carbocycles. The minimum absolute atomic E-state index is 0.624. The molecule has 3 N–H and O–H groups in total. The average Bonchev–Trinajstić information content (AvgIpc) is 3.11. The van der Waals surface area contributed by atoms with Gasteiger partial charge >= 0.3 is 0 Å². The number of nitrogens with zero attached hydrogens (tertiary/aromatic N) is 3. The molecule has 0 atom stereocenters. The highest BCUT2D eigenvalue weighted by Gasteiger charge is 2.10. The van der Waals surface area contributed by atoms with E-state index < -0.39 is 0 Å². The first-order chi connectivity index (χ1) is 10.3. The zero-order valence-corrected chi connectivity index (χ0v) is 12.9. The van der Waals surface area contributed by atoms with Crippen LogP contribution in [-0.2, 0) is 6.54 Å². The van der Waals surface area contributed by atoms with Gasteiger partial charge in [0.25, 0.3) is 0 Å². The van der Waals surface area contributed by atoms with Gasteiger partial charge in [0, 0.05) is 11.4 Å².